The average Bonchev–Trinajstić information content (AvgIpc) is 2.46. The van der Waals surface area contributed by atoms with Crippen LogP contribution >= 0.6 is 0 Å². The maximum absolute atomic E-state index is 13.3. The van der Waals surface area contributed by atoms with Crippen molar-refractivity contribution in [1.82, 2.24) is 5.32 Å². The van der Waals surface area contributed by atoms with Crippen LogP contribution < -0.4 is 5.32 Å². The van der Waals surface area contributed by atoms with Gasteiger partial charge in [-0.05, 0) is 12.8 Å². The molecule has 0 bridgehead atoms. The van der Waals surface area contributed by atoms with Crippen LogP contribution in [0.15, 0.2) is 0 Å². The van der Waals surface area contributed by atoms with E-state index in [-0.39, 0.29) is 12.3 Å². The van der Waals surface area contributed by atoms with Gasteiger partial charge in [-0.2, -0.15) is 0 Å². The van der Waals surface area contributed by atoms with E-state index in [2.05, 4.69) is 10.1 Å². The highest BCUT2D eigenvalue weighted by Crippen LogP contribution is 2.29. The summed E-state index contributed by atoms with van der Waals surface area (Å²) in [4.78, 5) is 21.8. The zero-order chi connectivity index (χ0) is 10.7. The minimum absolute atomic E-state index is 0.137. The standard InChI is InChI=1S/C9H14FNO3/c1-5(12)11-8-4-6(3-7(8)10)9(13)14-2/h6-8H,3-4H2,1-2H3,(H,11,12)/t6-,7-,8-/m1/s1. The van der Waals surface area contributed by atoms with E-state index in [1.54, 1.807) is 0 Å². The van der Waals surface area contributed by atoms with E-state index in [9.17, 15) is 14.0 Å². The average molecular weight is 203 g/mol. The van der Waals surface area contributed by atoms with Crippen LogP contribution in [-0.2, 0) is 14.3 Å². The van der Waals surface area contributed by atoms with Gasteiger partial charge < -0.3 is 10.1 Å². The number of nitrogens with one attached hydrogen (secondary N) is 1. The molecular weight excluding hydrogens is 189 g/mol. The van der Waals surface area contributed by atoms with E-state index in [0.29, 0.717) is 6.42 Å². The first kappa shape index (κ1) is 10.9. The number of amides is 1. The first-order chi connectivity index (χ1) is 6.54. The van der Waals surface area contributed by atoms with E-state index in [4.69, 9.17) is 0 Å². The number of ether oxygens (including phenoxy) is 1. The van der Waals surface area contributed by atoms with Gasteiger partial charge in [0.05, 0.1) is 19.1 Å². The molecular formula is C9H14FNO3. The van der Waals surface area contributed by atoms with Crippen molar-refractivity contribution in [3.05, 3.63) is 0 Å². The Morgan fingerprint density at radius 1 is 1.43 bits per heavy atom. The number of carbonyl (C=O) groups excluding carboxylic acids is 2. The predicted molar refractivity (Wildman–Crippen MR) is 47.2 cm³/mol. The lowest BCUT2D eigenvalue weighted by molar-refractivity contribution is -0.145. The van der Waals surface area contributed by atoms with Crippen molar-refractivity contribution in [1.29, 1.82) is 0 Å². The Labute approximate surface area is 81.8 Å². The van der Waals surface area contributed by atoms with Crippen molar-refractivity contribution in [2.45, 2.75) is 32.0 Å². The van der Waals surface area contributed by atoms with Gasteiger partial charge in [-0.25, -0.2) is 4.39 Å². The molecule has 0 heterocycles. The van der Waals surface area contributed by atoms with Crippen LogP contribution in [0.5, 0.6) is 0 Å². The minimum Gasteiger partial charge on any atom is -0.469 e. The van der Waals surface area contributed by atoms with Crippen molar-refractivity contribution in [3.63, 3.8) is 0 Å². The Bertz CT molecular complexity index is 244. The molecule has 1 aliphatic rings. The van der Waals surface area contributed by atoms with Crippen LogP contribution in [0, 0.1) is 5.92 Å². The SMILES string of the molecule is COC(=O)[C@@H]1C[C@@H](F)[C@H](NC(C)=O)C1. The summed E-state index contributed by atoms with van der Waals surface area (Å²) in [6, 6.07) is -0.545. The van der Waals surface area contributed by atoms with Gasteiger partial charge in [0.25, 0.3) is 0 Å². The lowest BCUT2D eigenvalue weighted by Gasteiger charge is -2.12. The van der Waals surface area contributed by atoms with E-state index >= 15 is 0 Å². The number of esters is 1. The number of carbonyl (C=O) groups is 2. The molecule has 1 aliphatic carbocycles. The lowest BCUT2D eigenvalue weighted by atomic mass is 10.1. The van der Waals surface area contributed by atoms with Crippen LogP contribution in [-0.4, -0.2) is 31.2 Å². The number of methoxy groups -OCH3 is 1. The fourth-order valence-electron chi connectivity index (χ4n) is 1.76. The third-order valence-corrected chi connectivity index (χ3v) is 2.41. The Morgan fingerprint density at radius 3 is 2.57 bits per heavy atom. The van der Waals surface area contributed by atoms with Crippen LogP contribution in [0.25, 0.3) is 0 Å². The highest BCUT2D eigenvalue weighted by Gasteiger charge is 2.39. The molecule has 1 saturated carbocycles. The number of hydrogen-bond donors (Lipinski definition) is 1. The molecule has 4 nitrogen and oxygen atoms in total. The second-order valence-electron chi connectivity index (χ2n) is 3.51. The van der Waals surface area contributed by atoms with Crippen LogP contribution in [0.2, 0.25) is 0 Å². The molecule has 5 heteroatoms. The van der Waals surface area contributed by atoms with Crippen LogP contribution in [0.1, 0.15) is 19.8 Å². The summed E-state index contributed by atoms with van der Waals surface area (Å²) in [5.74, 6) is -1.10. The van der Waals surface area contributed by atoms with Crippen molar-refractivity contribution in [2.24, 2.45) is 5.92 Å². The van der Waals surface area contributed by atoms with Crippen molar-refractivity contribution < 1.29 is 18.7 Å². The number of alkyl halides is 1. The van der Waals surface area contributed by atoms with Gasteiger partial charge in [0.1, 0.15) is 6.17 Å². The molecule has 0 aromatic rings. The smallest absolute Gasteiger partial charge is 0.308 e. The molecule has 0 aromatic carbocycles. The molecule has 3 atom stereocenters. The van der Waals surface area contributed by atoms with E-state index < -0.39 is 24.1 Å². The number of hydrogen-bond acceptors (Lipinski definition) is 3. The maximum atomic E-state index is 13.3. The molecule has 80 valence electrons. The summed E-state index contributed by atoms with van der Waals surface area (Å²) in [7, 11) is 1.28. The summed E-state index contributed by atoms with van der Waals surface area (Å²) in [6.07, 6.45) is -0.687. The summed E-state index contributed by atoms with van der Waals surface area (Å²) in [5, 5.41) is 2.48. The monoisotopic (exact) mass is 203 g/mol. The van der Waals surface area contributed by atoms with Crippen molar-refractivity contribution >= 4 is 11.9 Å². The third kappa shape index (κ3) is 2.43. The molecule has 0 saturated heterocycles. The molecule has 1 N–H and O–H groups in total. The Balaban J connectivity index is 2.51. The molecule has 0 aliphatic heterocycles. The number of halogens is 1. The summed E-state index contributed by atoms with van der Waals surface area (Å²) < 4.78 is 17.8. The zero-order valence-corrected chi connectivity index (χ0v) is 8.25. The molecule has 0 radical (unpaired) electrons. The maximum Gasteiger partial charge on any atom is 0.308 e. The van der Waals surface area contributed by atoms with Gasteiger partial charge in [-0.3, -0.25) is 9.59 Å². The second-order valence-corrected chi connectivity index (χ2v) is 3.51. The van der Waals surface area contributed by atoms with Crippen LogP contribution in [0.4, 0.5) is 4.39 Å². The van der Waals surface area contributed by atoms with Crippen molar-refractivity contribution in [3.8, 4) is 0 Å². The number of rotatable bonds is 2. The largest absolute Gasteiger partial charge is 0.469 e. The first-order valence-electron chi connectivity index (χ1n) is 4.53. The molecule has 14 heavy (non-hydrogen) atoms. The first-order valence-corrected chi connectivity index (χ1v) is 4.53. The normalized spacial score (nSPS) is 31.2. The molecule has 1 fully saturated rings. The van der Waals surface area contributed by atoms with Gasteiger partial charge in [0, 0.05) is 6.92 Å². The minimum atomic E-state index is -1.15. The van der Waals surface area contributed by atoms with E-state index in [1.807, 2.05) is 0 Å². The molecule has 0 aromatic heterocycles. The summed E-state index contributed by atoms with van der Waals surface area (Å²) in [6.45, 7) is 1.33. The third-order valence-electron chi connectivity index (χ3n) is 2.41. The topological polar surface area (TPSA) is 55.4 Å². The molecule has 1 rings (SSSR count). The highest BCUT2D eigenvalue weighted by molar-refractivity contribution is 5.75. The molecule has 0 unspecified atom stereocenters. The quantitative estimate of drug-likeness (QED) is 0.661. The lowest BCUT2D eigenvalue weighted by Crippen LogP contribution is -2.36. The summed E-state index contributed by atoms with van der Waals surface area (Å²) >= 11 is 0. The zero-order valence-electron chi connectivity index (χ0n) is 8.25. The fourth-order valence-corrected chi connectivity index (χ4v) is 1.76. The Morgan fingerprint density at radius 2 is 2.07 bits per heavy atom. The van der Waals surface area contributed by atoms with E-state index in [0.717, 1.165) is 0 Å². The van der Waals surface area contributed by atoms with Gasteiger partial charge in [0.15, 0.2) is 0 Å². The summed E-state index contributed by atoms with van der Waals surface area (Å²) in [5.41, 5.74) is 0. The van der Waals surface area contributed by atoms with Gasteiger partial charge in [-0.15, -0.1) is 0 Å². The molecule has 1 amide bonds. The van der Waals surface area contributed by atoms with Gasteiger partial charge >= 0.3 is 5.97 Å². The van der Waals surface area contributed by atoms with E-state index in [1.165, 1.54) is 14.0 Å². The van der Waals surface area contributed by atoms with Gasteiger partial charge in [-0.1, -0.05) is 0 Å². The predicted octanol–water partition coefficient (Wildman–Crippen LogP) is 0.412. The Kier molecular flexibility index (Phi) is 3.43. The fraction of sp³-hybridized carbons (Fsp3) is 0.778. The second kappa shape index (κ2) is 4.39. The van der Waals surface area contributed by atoms with Gasteiger partial charge in [0.2, 0.25) is 5.91 Å². The molecule has 0 spiro atoms. The highest BCUT2D eigenvalue weighted by atomic mass is 19.1. The van der Waals surface area contributed by atoms with Crippen LogP contribution in [0.3, 0.4) is 0 Å². The Hall–Kier alpha value is -1.13. The van der Waals surface area contributed by atoms with Crippen molar-refractivity contribution in [2.75, 3.05) is 7.11 Å².